The van der Waals surface area contributed by atoms with Gasteiger partial charge in [-0.1, -0.05) is 30.3 Å². The lowest BCUT2D eigenvalue weighted by molar-refractivity contribution is -0.132. The van der Waals surface area contributed by atoms with Crippen molar-refractivity contribution in [3.05, 3.63) is 35.9 Å². The highest BCUT2D eigenvalue weighted by Crippen LogP contribution is 2.02. The van der Waals surface area contributed by atoms with Gasteiger partial charge in [-0.05, 0) is 18.5 Å². The van der Waals surface area contributed by atoms with Crippen molar-refractivity contribution >= 4 is 12.0 Å². The molecule has 1 saturated heterocycles. The van der Waals surface area contributed by atoms with Crippen molar-refractivity contribution in [2.75, 3.05) is 20.1 Å². The molecule has 0 spiro atoms. The van der Waals surface area contributed by atoms with Gasteiger partial charge in [0.1, 0.15) is 6.61 Å². The van der Waals surface area contributed by atoms with Gasteiger partial charge >= 0.3 is 6.09 Å². The lowest BCUT2D eigenvalue weighted by Crippen LogP contribution is -2.53. The molecule has 108 valence electrons. The number of nitrogens with zero attached hydrogens (tertiary/aromatic N) is 1. The summed E-state index contributed by atoms with van der Waals surface area (Å²) in [5.41, 5.74) is 0.903. The van der Waals surface area contributed by atoms with Gasteiger partial charge in [0.15, 0.2) is 6.17 Å². The van der Waals surface area contributed by atoms with Crippen LogP contribution in [0.3, 0.4) is 0 Å². The molecule has 1 aromatic rings. The summed E-state index contributed by atoms with van der Waals surface area (Å²) in [6.07, 6.45) is -0.458. The summed E-state index contributed by atoms with van der Waals surface area (Å²) < 4.78 is 5.09. The Labute approximate surface area is 118 Å². The molecule has 1 atom stereocenters. The zero-order chi connectivity index (χ0) is 14.4. The molecule has 6 nitrogen and oxygen atoms in total. The molecule has 1 aliphatic heterocycles. The fourth-order valence-electron chi connectivity index (χ4n) is 1.98. The molecule has 0 bridgehead atoms. The van der Waals surface area contributed by atoms with Crippen LogP contribution in [0.5, 0.6) is 0 Å². The van der Waals surface area contributed by atoms with Crippen LogP contribution in [0.2, 0.25) is 0 Å². The molecule has 6 heteroatoms. The Kier molecular flexibility index (Phi) is 4.95. The fourth-order valence-corrected chi connectivity index (χ4v) is 1.98. The molecule has 0 radical (unpaired) electrons. The number of ether oxygens (including phenoxy) is 1. The van der Waals surface area contributed by atoms with Crippen molar-refractivity contribution in [1.29, 1.82) is 0 Å². The van der Waals surface area contributed by atoms with E-state index in [0.29, 0.717) is 13.1 Å². The minimum atomic E-state index is -0.717. The summed E-state index contributed by atoms with van der Waals surface area (Å²) in [5, 5.41) is 5.53. The fraction of sp³-hybridized carbons (Fsp3) is 0.429. The van der Waals surface area contributed by atoms with Crippen molar-refractivity contribution in [3.8, 4) is 0 Å². The Morgan fingerprint density at radius 2 is 2.20 bits per heavy atom. The molecule has 2 amide bonds. The first kappa shape index (κ1) is 14.3. The maximum Gasteiger partial charge on any atom is 0.409 e. The van der Waals surface area contributed by atoms with Crippen LogP contribution in [0.1, 0.15) is 12.0 Å². The van der Waals surface area contributed by atoms with E-state index in [1.165, 1.54) is 0 Å². The zero-order valence-corrected chi connectivity index (χ0v) is 11.5. The standard InChI is InChI=1S/C14H19N3O3/c1-17-9-5-8-15-12(13(17)18)16-14(19)20-10-11-6-3-2-4-7-11/h2-4,6-7,12,15H,5,8-10H2,1H3,(H,16,19). The smallest absolute Gasteiger partial charge is 0.409 e. The lowest BCUT2D eigenvalue weighted by atomic mass is 10.2. The average Bonchev–Trinajstić information content (AvgIpc) is 2.62. The van der Waals surface area contributed by atoms with E-state index < -0.39 is 12.3 Å². The van der Waals surface area contributed by atoms with E-state index >= 15 is 0 Å². The number of carbonyl (C=O) groups excluding carboxylic acids is 2. The maximum atomic E-state index is 11.9. The van der Waals surface area contributed by atoms with Gasteiger partial charge in [0.05, 0.1) is 0 Å². The van der Waals surface area contributed by atoms with Gasteiger partial charge in [0.25, 0.3) is 5.91 Å². The highest BCUT2D eigenvalue weighted by molar-refractivity contribution is 5.85. The summed E-state index contributed by atoms with van der Waals surface area (Å²) in [5.74, 6) is -0.154. The van der Waals surface area contributed by atoms with Crippen LogP contribution in [-0.4, -0.2) is 43.2 Å². The Morgan fingerprint density at radius 3 is 2.95 bits per heavy atom. The number of hydrogen-bond donors (Lipinski definition) is 2. The molecule has 1 unspecified atom stereocenters. The molecule has 2 N–H and O–H groups in total. The van der Waals surface area contributed by atoms with Crippen molar-refractivity contribution in [2.45, 2.75) is 19.2 Å². The third-order valence-electron chi connectivity index (χ3n) is 3.12. The van der Waals surface area contributed by atoms with Crippen molar-refractivity contribution in [3.63, 3.8) is 0 Å². The molecule has 0 saturated carbocycles. The Hall–Kier alpha value is -2.08. The maximum absolute atomic E-state index is 11.9. The van der Waals surface area contributed by atoms with Gasteiger partial charge in [-0.25, -0.2) is 4.79 Å². The van der Waals surface area contributed by atoms with Gasteiger partial charge in [0, 0.05) is 13.6 Å². The van der Waals surface area contributed by atoms with Gasteiger partial charge in [0.2, 0.25) is 0 Å². The summed E-state index contributed by atoms with van der Waals surface area (Å²) >= 11 is 0. The highest BCUT2D eigenvalue weighted by atomic mass is 16.5. The third-order valence-corrected chi connectivity index (χ3v) is 3.12. The van der Waals surface area contributed by atoms with E-state index in [1.54, 1.807) is 11.9 Å². The molecule has 1 aromatic carbocycles. The van der Waals surface area contributed by atoms with Crippen LogP contribution in [0.4, 0.5) is 4.79 Å². The lowest BCUT2D eigenvalue weighted by Gasteiger charge is -2.20. The minimum Gasteiger partial charge on any atom is -0.445 e. The normalized spacial score (nSPS) is 19.4. The quantitative estimate of drug-likeness (QED) is 0.853. The largest absolute Gasteiger partial charge is 0.445 e. The number of carbonyl (C=O) groups is 2. The SMILES string of the molecule is CN1CCCNC(NC(=O)OCc2ccccc2)C1=O. The number of hydrogen-bond acceptors (Lipinski definition) is 4. The second-order valence-electron chi connectivity index (χ2n) is 4.71. The number of amides is 2. The first-order valence-electron chi connectivity index (χ1n) is 6.62. The van der Waals surface area contributed by atoms with Crippen LogP contribution in [-0.2, 0) is 16.1 Å². The molecule has 1 aliphatic rings. The number of likely N-dealkylation sites (N-methyl/N-ethyl adjacent to an activating group) is 1. The summed E-state index contributed by atoms with van der Waals surface area (Å²) in [7, 11) is 1.72. The molecule has 0 aromatic heterocycles. The van der Waals surface area contributed by atoms with Crippen LogP contribution in [0.15, 0.2) is 30.3 Å². The van der Waals surface area contributed by atoms with E-state index in [0.717, 1.165) is 12.0 Å². The van der Waals surface area contributed by atoms with Crippen LogP contribution < -0.4 is 10.6 Å². The predicted molar refractivity (Wildman–Crippen MR) is 73.8 cm³/mol. The third kappa shape index (κ3) is 3.96. The van der Waals surface area contributed by atoms with E-state index in [9.17, 15) is 9.59 Å². The van der Waals surface area contributed by atoms with Crippen LogP contribution in [0.25, 0.3) is 0 Å². The highest BCUT2D eigenvalue weighted by Gasteiger charge is 2.26. The molecule has 20 heavy (non-hydrogen) atoms. The first-order chi connectivity index (χ1) is 9.66. The molecular formula is C14H19N3O3. The van der Waals surface area contributed by atoms with Gasteiger partial charge in [-0.3, -0.25) is 15.4 Å². The summed E-state index contributed by atoms with van der Waals surface area (Å²) in [4.78, 5) is 25.3. The molecular weight excluding hydrogens is 258 g/mol. The zero-order valence-electron chi connectivity index (χ0n) is 11.5. The van der Waals surface area contributed by atoms with Crippen molar-refractivity contribution in [2.24, 2.45) is 0 Å². The van der Waals surface area contributed by atoms with Crippen LogP contribution >= 0.6 is 0 Å². The first-order valence-corrected chi connectivity index (χ1v) is 6.62. The number of alkyl carbamates (subject to hydrolysis) is 1. The van der Waals surface area contributed by atoms with E-state index in [4.69, 9.17) is 4.74 Å². The van der Waals surface area contributed by atoms with Crippen LogP contribution in [0, 0.1) is 0 Å². The summed E-state index contributed by atoms with van der Waals surface area (Å²) in [6, 6.07) is 9.39. The number of benzene rings is 1. The molecule has 1 heterocycles. The predicted octanol–water partition coefficient (Wildman–Crippen LogP) is 0.691. The summed E-state index contributed by atoms with van der Waals surface area (Å²) in [6.45, 7) is 1.55. The Balaban J connectivity index is 1.83. The number of rotatable bonds is 3. The Morgan fingerprint density at radius 1 is 1.45 bits per heavy atom. The molecule has 1 fully saturated rings. The average molecular weight is 277 g/mol. The van der Waals surface area contributed by atoms with E-state index in [2.05, 4.69) is 10.6 Å². The topological polar surface area (TPSA) is 70.7 Å². The monoisotopic (exact) mass is 277 g/mol. The second kappa shape index (κ2) is 6.91. The van der Waals surface area contributed by atoms with Crippen molar-refractivity contribution < 1.29 is 14.3 Å². The second-order valence-corrected chi connectivity index (χ2v) is 4.71. The van der Waals surface area contributed by atoms with Gasteiger partial charge in [-0.2, -0.15) is 0 Å². The Bertz CT molecular complexity index is 464. The molecule has 0 aliphatic carbocycles. The van der Waals surface area contributed by atoms with Crippen molar-refractivity contribution in [1.82, 2.24) is 15.5 Å². The molecule has 2 rings (SSSR count). The van der Waals surface area contributed by atoms with E-state index in [-0.39, 0.29) is 12.5 Å². The van der Waals surface area contributed by atoms with Gasteiger partial charge < -0.3 is 9.64 Å². The van der Waals surface area contributed by atoms with E-state index in [1.807, 2.05) is 30.3 Å². The minimum absolute atomic E-state index is 0.154. The number of nitrogens with one attached hydrogen (secondary N) is 2. The van der Waals surface area contributed by atoms with Gasteiger partial charge in [-0.15, -0.1) is 0 Å².